The van der Waals surface area contributed by atoms with E-state index in [0.717, 1.165) is 16.9 Å². The van der Waals surface area contributed by atoms with Crippen molar-refractivity contribution >= 4 is 74.5 Å². The van der Waals surface area contributed by atoms with E-state index in [1.807, 2.05) is 22.7 Å². The first-order valence-corrected chi connectivity index (χ1v) is 14.3. The van der Waals surface area contributed by atoms with Gasteiger partial charge < -0.3 is 0 Å². The maximum absolute atomic E-state index is 4.90. The van der Waals surface area contributed by atoms with Crippen molar-refractivity contribution in [1.82, 2.24) is 9.97 Å². The molecule has 34 heavy (non-hydrogen) atoms. The number of aromatic nitrogens is 2. The van der Waals surface area contributed by atoms with Crippen LogP contribution in [0.5, 0.6) is 0 Å². The van der Waals surface area contributed by atoms with Gasteiger partial charge in [-0.1, -0.05) is 40.7 Å². The Morgan fingerprint density at radius 1 is 0.941 bits per heavy atom. The molecule has 0 aliphatic rings. The monoisotopic (exact) mass is 500 g/mol. The van der Waals surface area contributed by atoms with Crippen molar-refractivity contribution in [3.05, 3.63) is 58.0 Å². The molecule has 0 atom stereocenters. The van der Waals surface area contributed by atoms with Crippen molar-refractivity contribution in [2.75, 3.05) is 0 Å². The number of fused-ring (bicyclic) bond motifs is 6. The predicted molar refractivity (Wildman–Crippen MR) is 153 cm³/mol. The molecule has 4 aromatic heterocycles. The predicted octanol–water partition coefficient (Wildman–Crippen LogP) is 9.75. The molecule has 5 heteroatoms. The third kappa shape index (κ3) is 3.40. The fourth-order valence-corrected chi connectivity index (χ4v) is 8.53. The van der Waals surface area contributed by atoms with E-state index in [2.05, 4.69) is 77.3 Å². The molecule has 2 nitrogen and oxygen atoms in total. The van der Waals surface area contributed by atoms with E-state index >= 15 is 0 Å². The molecular formula is C29H28N2S3. The number of nitrogens with zero attached hydrogens (tertiary/aromatic N) is 2. The second-order valence-corrected chi connectivity index (χ2v) is 13.8. The lowest BCUT2D eigenvalue weighted by molar-refractivity contribution is 0.597. The van der Waals surface area contributed by atoms with Crippen LogP contribution < -0.4 is 0 Å². The summed E-state index contributed by atoms with van der Waals surface area (Å²) in [6, 6.07) is 11.6. The lowest BCUT2D eigenvalue weighted by Gasteiger charge is -2.21. The third-order valence-corrected chi connectivity index (χ3v) is 9.85. The van der Waals surface area contributed by atoms with Gasteiger partial charge in [0.1, 0.15) is 11.2 Å². The van der Waals surface area contributed by atoms with E-state index < -0.39 is 0 Å². The van der Waals surface area contributed by atoms with Gasteiger partial charge in [-0.3, -0.25) is 0 Å². The van der Waals surface area contributed by atoms with Gasteiger partial charge in [0.15, 0.2) is 0 Å². The summed E-state index contributed by atoms with van der Waals surface area (Å²) in [4.78, 5) is 12.1. The maximum Gasteiger partial charge on any atom is 0.128 e. The quantitative estimate of drug-likeness (QED) is 0.242. The van der Waals surface area contributed by atoms with Gasteiger partial charge in [-0.25, -0.2) is 9.97 Å². The van der Waals surface area contributed by atoms with Gasteiger partial charge in [0.25, 0.3) is 0 Å². The van der Waals surface area contributed by atoms with E-state index in [-0.39, 0.29) is 5.41 Å². The van der Waals surface area contributed by atoms with Crippen LogP contribution in [-0.2, 0) is 11.8 Å². The molecule has 2 aromatic carbocycles. The van der Waals surface area contributed by atoms with Crippen molar-refractivity contribution in [2.24, 2.45) is 5.92 Å². The molecule has 0 aliphatic carbocycles. The van der Waals surface area contributed by atoms with Crippen molar-refractivity contribution in [1.29, 1.82) is 0 Å². The van der Waals surface area contributed by atoms with Crippen LogP contribution in [-0.4, -0.2) is 9.97 Å². The number of benzene rings is 2. The number of hydrogen-bond acceptors (Lipinski definition) is 5. The molecule has 172 valence electrons. The van der Waals surface area contributed by atoms with E-state index in [4.69, 9.17) is 9.97 Å². The SMILES string of the molecule is Cc1sc2c(ccc3sc4ncnc(-c5cc(C(C)(C)C)c6sccc6c5)c4c32)c1CC(C)C. The van der Waals surface area contributed by atoms with E-state index in [1.165, 1.54) is 57.2 Å². The number of aryl methyl sites for hydroxylation is 1. The highest BCUT2D eigenvalue weighted by molar-refractivity contribution is 7.27. The highest BCUT2D eigenvalue weighted by Crippen LogP contribution is 2.46. The zero-order valence-corrected chi connectivity index (χ0v) is 22.9. The Balaban J connectivity index is 1.71. The topological polar surface area (TPSA) is 25.8 Å². The first-order valence-electron chi connectivity index (χ1n) is 11.8. The average Bonchev–Trinajstić information content (AvgIpc) is 3.47. The van der Waals surface area contributed by atoms with Crippen molar-refractivity contribution in [2.45, 2.75) is 53.4 Å². The largest absolute Gasteiger partial charge is 0.236 e. The van der Waals surface area contributed by atoms with E-state index in [1.54, 1.807) is 17.7 Å². The Labute approximate surface area is 212 Å². The van der Waals surface area contributed by atoms with Crippen LogP contribution in [0.4, 0.5) is 0 Å². The fraction of sp³-hybridized carbons (Fsp3) is 0.310. The average molecular weight is 501 g/mol. The van der Waals surface area contributed by atoms with Gasteiger partial charge in [-0.2, -0.15) is 0 Å². The molecule has 0 saturated heterocycles. The first-order chi connectivity index (χ1) is 16.2. The first kappa shape index (κ1) is 22.1. The van der Waals surface area contributed by atoms with Gasteiger partial charge in [-0.15, -0.1) is 34.0 Å². The molecule has 6 aromatic rings. The summed E-state index contributed by atoms with van der Waals surface area (Å²) < 4.78 is 4.07. The highest BCUT2D eigenvalue weighted by Gasteiger charge is 2.23. The molecule has 0 amide bonds. The Hall–Kier alpha value is -2.34. The van der Waals surface area contributed by atoms with Gasteiger partial charge in [0, 0.05) is 35.3 Å². The van der Waals surface area contributed by atoms with Crippen molar-refractivity contribution in [3.63, 3.8) is 0 Å². The molecule has 0 aliphatic heterocycles. The second-order valence-electron chi connectivity index (χ2n) is 10.7. The molecule has 0 saturated carbocycles. The highest BCUT2D eigenvalue weighted by atomic mass is 32.1. The lowest BCUT2D eigenvalue weighted by Crippen LogP contribution is -2.11. The molecule has 0 unspecified atom stereocenters. The molecule has 6 rings (SSSR count). The summed E-state index contributed by atoms with van der Waals surface area (Å²) in [6.07, 6.45) is 2.86. The summed E-state index contributed by atoms with van der Waals surface area (Å²) in [5.41, 5.74) is 5.20. The van der Waals surface area contributed by atoms with Crippen LogP contribution in [0.25, 0.3) is 51.7 Å². The Morgan fingerprint density at radius 3 is 2.53 bits per heavy atom. The molecular weight excluding hydrogens is 473 g/mol. The van der Waals surface area contributed by atoms with Crippen molar-refractivity contribution in [3.8, 4) is 11.3 Å². The van der Waals surface area contributed by atoms with Crippen LogP contribution in [0.15, 0.2) is 42.0 Å². The zero-order valence-electron chi connectivity index (χ0n) is 20.4. The van der Waals surface area contributed by atoms with Crippen LogP contribution >= 0.6 is 34.0 Å². The van der Waals surface area contributed by atoms with Gasteiger partial charge in [0.05, 0.1) is 5.69 Å². The molecule has 0 N–H and O–H groups in total. The van der Waals surface area contributed by atoms with Crippen LogP contribution in [0.3, 0.4) is 0 Å². The van der Waals surface area contributed by atoms with E-state index in [9.17, 15) is 0 Å². The Morgan fingerprint density at radius 2 is 1.76 bits per heavy atom. The summed E-state index contributed by atoms with van der Waals surface area (Å²) in [7, 11) is 0. The zero-order chi connectivity index (χ0) is 23.8. The smallest absolute Gasteiger partial charge is 0.128 e. The minimum absolute atomic E-state index is 0.0614. The summed E-state index contributed by atoms with van der Waals surface area (Å²) >= 11 is 5.56. The van der Waals surface area contributed by atoms with Gasteiger partial charge >= 0.3 is 0 Å². The van der Waals surface area contributed by atoms with Crippen LogP contribution in [0, 0.1) is 12.8 Å². The van der Waals surface area contributed by atoms with Crippen LogP contribution in [0.2, 0.25) is 0 Å². The number of thiophene rings is 3. The number of hydrogen-bond donors (Lipinski definition) is 0. The third-order valence-electron chi connectivity index (χ3n) is 6.64. The minimum atomic E-state index is 0.0614. The van der Waals surface area contributed by atoms with Gasteiger partial charge in [0.2, 0.25) is 0 Å². The number of rotatable bonds is 3. The van der Waals surface area contributed by atoms with Crippen molar-refractivity contribution < 1.29 is 0 Å². The van der Waals surface area contributed by atoms with Gasteiger partial charge in [-0.05, 0) is 76.2 Å². The molecule has 4 heterocycles. The standard InChI is InChI=1S/C29H28N2S3/c1-15(2)11-20-16(3)33-27-19(20)7-8-22-23(27)24-25(30-14-31-28(24)34-22)18-12-17-9-10-32-26(17)21(13-18)29(4,5)6/h7-10,12-15H,11H2,1-6H3. The lowest BCUT2D eigenvalue weighted by atomic mass is 9.85. The summed E-state index contributed by atoms with van der Waals surface area (Å²) in [5.74, 6) is 0.637. The molecule has 0 radical (unpaired) electrons. The van der Waals surface area contributed by atoms with Crippen LogP contribution in [0.1, 0.15) is 50.6 Å². The molecule has 0 spiro atoms. The Kier molecular flexibility index (Phi) is 5.11. The maximum atomic E-state index is 4.90. The molecule has 0 bridgehead atoms. The Bertz CT molecular complexity index is 1710. The molecule has 0 fully saturated rings. The minimum Gasteiger partial charge on any atom is -0.236 e. The van der Waals surface area contributed by atoms with E-state index in [0.29, 0.717) is 5.92 Å². The fourth-order valence-electron chi connectivity index (χ4n) is 5.07. The normalized spacial score (nSPS) is 12.8. The summed E-state index contributed by atoms with van der Waals surface area (Å²) in [5, 5.41) is 7.45. The second kappa shape index (κ2) is 7.84. The summed E-state index contributed by atoms with van der Waals surface area (Å²) in [6.45, 7) is 13.8.